The maximum Gasteiger partial charge on any atom is 0.325 e. The van der Waals surface area contributed by atoms with Crippen molar-refractivity contribution in [2.45, 2.75) is 46.1 Å². The fraction of sp³-hybridized carbons (Fsp3) is 0.471. The summed E-state index contributed by atoms with van der Waals surface area (Å²) in [5, 5.41) is 5.44. The second kappa shape index (κ2) is 6.40. The number of carbonyl (C=O) groups is 3. The summed E-state index contributed by atoms with van der Waals surface area (Å²) < 4.78 is 0. The maximum atomic E-state index is 12.4. The number of rotatable bonds is 5. The van der Waals surface area contributed by atoms with Crippen molar-refractivity contribution in [1.29, 1.82) is 0 Å². The van der Waals surface area contributed by atoms with Gasteiger partial charge in [0.25, 0.3) is 5.91 Å². The van der Waals surface area contributed by atoms with E-state index in [0.717, 1.165) is 16.0 Å². The van der Waals surface area contributed by atoms with Gasteiger partial charge in [-0.05, 0) is 49.9 Å². The number of benzene rings is 1. The Hall–Kier alpha value is -2.37. The molecule has 0 saturated carbocycles. The van der Waals surface area contributed by atoms with Crippen molar-refractivity contribution < 1.29 is 14.4 Å². The molecule has 1 aromatic rings. The van der Waals surface area contributed by atoms with Crippen LogP contribution < -0.4 is 10.6 Å². The topological polar surface area (TPSA) is 78.5 Å². The van der Waals surface area contributed by atoms with Gasteiger partial charge in [-0.2, -0.15) is 0 Å². The average Bonchev–Trinajstić information content (AvgIpc) is 2.75. The first kappa shape index (κ1) is 17.0. The summed E-state index contributed by atoms with van der Waals surface area (Å²) in [7, 11) is 0. The molecule has 0 unspecified atom stereocenters. The number of aryl methyl sites for hydroxylation is 2. The molecule has 1 aliphatic heterocycles. The quantitative estimate of drug-likeness (QED) is 0.818. The van der Waals surface area contributed by atoms with Gasteiger partial charge in [-0.15, -0.1) is 0 Å². The number of amides is 4. The van der Waals surface area contributed by atoms with Crippen molar-refractivity contribution in [2.24, 2.45) is 0 Å². The van der Waals surface area contributed by atoms with Gasteiger partial charge in [0.1, 0.15) is 12.1 Å². The molecule has 1 aromatic carbocycles. The molecule has 0 aliphatic carbocycles. The van der Waals surface area contributed by atoms with Gasteiger partial charge in [-0.1, -0.05) is 19.9 Å². The minimum atomic E-state index is -0.877. The van der Waals surface area contributed by atoms with Crippen molar-refractivity contribution >= 4 is 23.5 Å². The first-order chi connectivity index (χ1) is 10.8. The normalized spacial score (nSPS) is 16.4. The van der Waals surface area contributed by atoms with Crippen LogP contribution in [0, 0.1) is 13.8 Å². The lowest BCUT2D eigenvalue weighted by Gasteiger charge is -2.23. The second-order valence-corrected chi connectivity index (χ2v) is 5.96. The van der Waals surface area contributed by atoms with E-state index in [0.29, 0.717) is 18.5 Å². The van der Waals surface area contributed by atoms with E-state index < -0.39 is 11.6 Å². The number of nitrogens with one attached hydrogen (secondary N) is 2. The molecule has 4 amide bonds. The Labute approximate surface area is 136 Å². The maximum absolute atomic E-state index is 12.4. The zero-order chi connectivity index (χ0) is 17.2. The third-order valence-corrected chi connectivity index (χ3v) is 4.55. The number of anilines is 1. The molecule has 0 radical (unpaired) electrons. The van der Waals surface area contributed by atoms with Gasteiger partial charge in [0.05, 0.1) is 0 Å². The minimum absolute atomic E-state index is 0.278. The predicted molar refractivity (Wildman–Crippen MR) is 88.1 cm³/mol. The highest BCUT2D eigenvalue weighted by atomic mass is 16.2. The third kappa shape index (κ3) is 3.21. The van der Waals surface area contributed by atoms with Crippen LogP contribution in [-0.4, -0.2) is 34.8 Å². The molecule has 6 nitrogen and oxygen atoms in total. The monoisotopic (exact) mass is 317 g/mol. The van der Waals surface area contributed by atoms with Gasteiger partial charge >= 0.3 is 6.03 Å². The average molecular weight is 317 g/mol. The molecular weight excluding hydrogens is 294 g/mol. The number of nitrogens with zero attached hydrogens (tertiary/aromatic N) is 1. The molecule has 2 N–H and O–H groups in total. The molecule has 1 aliphatic rings. The van der Waals surface area contributed by atoms with Gasteiger partial charge in [0.15, 0.2) is 0 Å². The highest BCUT2D eigenvalue weighted by molar-refractivity contribution is 6.10. The third-order valence-electron chi connectivity index (χ3n) is 4.55. The molecule has 6 heteroatoms. The van der Waals surface area contributed by atoms with Gasteiger partial charge in [-0.25, -0.2) is 4.79 Å². The summed E-state index contributed by atoms with van der Waals surface area (Å²) in [6.07, 6.45) is 1.01. The molecule has 1 heterocycles. The van der Waals surface area contributed by atoms with Crippen molar-refractivity contribution in [1.82, 2.24) is 10.2 Å². The fourth-order valence-corrected chi connectivity index (χ4v) is 2.71. The Morgan fingerprint density at radius 1 is 1.17 bits per heavy atom. The highest BCUT2D eigenvalue weighted by Gasteiger charge is 2.49. The zero-order valence-corrected chi connectivity index (χ0v) is 14.0. The van der Waals surface area contributed by atoms with Crippen LogP contribution in [0.3, 0.4) is 0 Å². The smallest absolute Gasteiger partial charge is 0.325 e. The van der Waals surface area contributed by atoms with Crippen molar-refractivity contribution in [3.8, 4) is 0 Å². The van der Waals surface area contributed by atoms with E-state index in [1.807, 2.05) is 39.8 Å². The molecule has 1 fully saturated rings. The van der Waals surface area contributed by atoms with Gasteiger partial charge in [-0.3, -0.25) is 14.5 Å². The second-order valence-electron chi connectivity index (χ2n) is 5.96. The first-order valence-corrected chi connectivity index (χ1v) is 7.84. The number of carbonyl (C=O) groups excluding carboxylic acids is 3. The Bertz CT molecular complexity index is 650. The van der Waals surface area contributed by atoms with Crippen LogP contribution in [0.5, 0.6) is 0 Å². The number of hydrogen-bond acceptors (Lipinski definition) is 3. The van der Waals surface area contributed by atoms with E-state index in [2.05, 4.69) is 10.6 Å². The zero-order valence-electron chi connectivity index (χ0n) is 14.0. The first-order valence-electron chi connectivity index (χ1n) is 7.84. The molecule has 0 atom stereocenters. The standard InChI is InChI=1S/C17H23N3O3/c1-5-17(6-2)15(22)20(16(23)19-17)10-14(21)18-13-8-7-11(3)12(4)9-13/h7-9H,5-6,10H2,1-4H3,(H,18,21)(H,19,23). The summed E-state index contributed by atoms with van der Waals surface area (Å²) in [5.74, 6) is -0.720. The SMILES string of the molecule is CCC1(CC)NC(=O)N(CC(=O)Nc2ccc(C)c(C)c2)C1=O. The van der Waals surface area contributed by atoms with Gasteiger partial charge in [0, 0.05) is 5.69 Å². The van der Waals surface area contributed by atoms with Crippen molar-refractivity contribution in [2.75, 3.05) is 11.9 Å². The minimum Gasteiger partial charge on any atom is -0.325 e. The highest BCUT2D eigenvalue weighted by Crippen LogP contribution is 2.24. The summed E-state index contributed by atoms with van der Waals surface area (Å²) in [6.45, 7) is 7.36. The lowest BCUT2D eigenvalue weighted by atomic mass is 9.93. The van der Waals surface area contributed by atoms with Crippen LogP contribution in [0.1, 0.15) is 37.8 Å². The van der Waals surface area contributed by atoms with E-state index in [1.165, 1.54) is 0 Å². The fourth-order valence-electron chi connectivity index (χ4n) is 2.71. The molecule has 0 bridgehead atoms. The van der Waals surface area contributed by atoms with E-state index in [-0.39, 0.29) is 18.4 Å². The lowest BCUT2D eigenvalue weighted by Crippen LogP contribution is -2.46. The largest absolute Gasteiger partial charge is 0.325 e. The van der Waals surface area contributed by atoms with E-state index >= 15 is 0 Å². The Kier molecular flexibility index (Phi) is 4.73. The molecular formula is C17H23N3O3. The van der Waals surface area contributed by atoms with Crippen LogP contribution >= 0.6 is 0 Å². The van der Waals surface area contributed by atoms with Gasteiger partial charge in [0.2, 0.25) is 5.91 Å². The van der Waals surface area contributed by atoms with E-state index in [1.54, 1.807) is 6.07 Å². The van der Waals surface area contributed by atoms with Crippen LogP contribution in [0.25, 0.3) is 0 Å². The molecule has 23 heavy (non-hydrogen) atoms. The summed E-state index contributed by atoms with van der Waals surface area (Å²) in [5.41, 5.74) is 1.97. The molecule has 2 rings (SSSR count). The molecule has 124 valence electrons. The van der Waals surface area contributed by atoms with Crippen LogP contribution in [0.15, 0.2) is 18.2 Å². The number of hydrogen-bond donors (Lipinski definition) is 2. The Morgan fingerprint density at radius 3 is 2.35 bits per heavy atom. The Balaban J connectivity index is 2.06. The van der Waals surface area contributed by atoms with Crippen LogP contribution in [0.4, 0.5) is 10.5 Å². The van der Waals surface area contributed by atoms with Gasteiger partial charge < -0.3 is 10.6 Å². The molecule has 1 saturated heterocycles. The summed E-state index contributed by atoms with van der Waals surface area (Å²) >= 11 is 0. The number of imide groups is 1. The summed E-state index contributed by atoms with van der Waals surface area (Å²) in [6, 6.07) is 5.07. The van der Waals surface area contributed by atoms with Crippen LogP contribution in [-0.2, 0) is 9.59 Å². The molecule has 0 aromatic heterocycles. The Morgan fingerprint density at radius 2 is 1.83 bits per heavy atom. The predicted octanol–water partition coefficient (Wildman–Crippen LogP) is 2.35. The lowest BCUT2D eigenvalue weighted by molar-refractivity contribution is -0.134. The molecule has 0 spiro atoms. The van der Waals surface area contributed by atoms with E-state index in [9.17, 15) is 14.4 Å². The van der Waals surface area contributed by atoms with E-state index in [4.69, 9.17) is 0 Å². The number of urea groups is 1. The van der Waals surface area contributed by atoms with Crippen LogP contribution in [0.2, 0.25) is 0 Å². The van der Waals surface area contributed by atoms with Crippen molar-refractivity contribution in [3.63, 3.8) is 0 Å². The van der Waals surface area contributed by atoms with Crippen molar-refractivity contribution in [3.05, 3.63) is 29.3 Å². The summed E-state index contributed by atoms with van der Waals surface area (Å²) in [4.78, 5) is 37.6.